The molecule has 0 unspecified atom stereocenters. The van der Waals surface area contributed by atoms with Crippen molar-refractivity contribution in [3.63, 3.8) is 0 Å². The zero-order chi connectivity index (χ0) is 20.6. The van der Waals surface area contributed by atoms with Crippen LogP contribution in [0.3, 0.4) is 0 Å². The lowest BCUT2D eigenvalue weighted by Gasteiger charge is -2.49. The molecule has 3 rings (SSSR count). The molecule has 6 heteroatoms. The molecular weight excluding hydrogens is 352 g/mol. The van der Waals surface area contributed by atoms with Crippen molar-refractivity contribution < 1.29 is 9.59 Å². The SMILES string of the molecule is CCN(C)C1(c2ccccc2)CCC2(CC1)CN(CC(C)(C)C(N)=O)C(=O)N2. The van der Waals surface area contributed by atoms with Gasteiger partial charge >= 0.3 is 6.03 Å². The number of nitrogens with two attached hydrogens (primary N) is 1. The van der Waals surface area contributed by atoms with Crippen LogP contribution in [-0.4, -0.2) is 54.0 Å². The zero-order valence-corrected chi connectivity index (χ0v) is 17.6. The van der Waals surface area contributed by atoms with E-state index in [4.69, 9.17) is 5.73 Å². The van der Waals surface area contributed by atoms with E-state index < -0.39 is 5.41 Å². The number of rotatable bonds is 6. The summed E-state index contributed by atoms with van der Waals surface area (Å²) < 4.78 is 0. The quantitative estimate of drug-likeness (QED) is 0.789. The molecule has 6 nitrogen and oxygen atoms in total. The summed E-state index contributed by atoms with van der Waals surface area (Å²) in [6, 6.07) is 10.6. The molecule has 154 valence electrons. The van der Waals surface area contributed by atoms with Gasteiger partial charge in [-0.05, 0) is 58.7 Å². The summed E-state index contributed by atoms with van der Waals surface area (Å²) in [4.78, 5) is 28.5. The van der Waals surface area contributed by atoms with Crippen LogP contribution < -0.4 is 11.1 Å². The molecule has 1 saturated heterocycles. The Morgan fingerprint density at radius 3 is 2.36 bits per heavy atom. The Morgan fingerprint density at radius 1 is 1.21 bits per heavy atom. The first-order chi connectivity index (χ1) is 13.1. The highest BCUT2D eigenvalue weighted by molar-refractivity contribution is 5.82. The third kappa shape index (κ3) is 3.62. The molecule has 28 heavy (non-hydrogen) atoms. The standard InChI is InChI=1S/C22H34N4O2/c1-5-25(4)22(17-9-7-6-8-10-17)13-11-21(12-14-22)16-26(19(28)24-21)15-20(2,3)18(23)27/h6-10H,5,11-16H2,1-4H3,(H2,23,27)(H,24,28). The number of nitrogens with one attached hydrogen (secondary N) is 1. The Kier molecular flexibility index (Phi) is 5.45. The van der Waals surface area contributed by atoms with E-state index in [9.17, 15) is 9.59 Å². The molecule has 1 aromatic rings. The van der Waals surface area contributed by atoms with Gasteiger partial charge in [-0.1, -0.05) is 37.3 Å². The second kappa shape index (κ2) is 7.39. The summed E-state index contributed by atoms with van der Waals surface area (Å²) >= 11 is 0. The number of amides is 3. The van der Waals surface area contributed by atoms with Crippen LogP contribution >= 0.6 is 0 Å². The van der Waals surface area contributed by atoms with Gasteiger partial charge in [-0.25, -0.2) is 4.79 Å². The molecule has 3 N–H and O–H groups in total. The van der Waals surface area contributed by atoms with Crippen molar-refractivity contribution >= 4 is 11.9 Å². The Labute approximate surface area is 168 Å². The summed E-state index contributed by atoms with van der Waals surface area (Å²) in [5.74, 6) is -0.377. The van der Waals surface area contributed by atoms with E-state index in [1.165, 1.54) is 5.56 Å². The number of hydrogen-bond acceptors (Lipinski definition) is 3. The maximum absolute atomic E-state index is 12.6. The van der Waals surface area contributed by atoms with Crippen LogP contribution in [0.25, 0.3) is 0 Å². The molecule has 1 aliphatic carbocycles. The first-order valence-electron chi connectivity index (χ1n) is 10.3. The molecule has 0 bridgehead atoms. The monoisotopic (exact) mass is 386 g/mol. The highest BCUT2D eigenvalue weighted by Gasteiger charge is 2.51. The molecule has 3 amide bonds. The number of primary amides is 1. The number of nitrogens with zero attached hydrogens (tertiary/aromatic N) is 2. The van der Waals surface area contributed by atoms with Crippen LogP contribution in [0, 0.1) is 5.41 Å². The van der Waals surface area contributed by atoms with E-state index in [0.29, 0.717) is 13.1 Å². The summed E-state index contributed by atoms with van der Waals surface area (Å²) in [6.07, 6.45) is 3.83. The maximum atomic E-state index is 12.6. The molecule has 0 atom stereocenters. The summed E-state index contributed by atoms with van der Waals surface area (Å²) in [6.45, 7) is 7.77. The summed E-state index contributed by atoms with van der Waals surface area (Å²) in [5, 5.41) is 3.24. The minimum Gasteiger partial charge on any atom is -0.369 e. The maximum Gasteiger partial charge on any atom is 0.318 e. The fraction of sp³-hybridized carbons (Fsp3) is 0.636. The number of benzene rings is 1. The first kappa shape index (κ1) is 20.6. The second-order valence-electron chi connectivity index (χ2n) is 9.23. The largest absolute Gasteiger partial charge is 0.369 e. The van der Waals surface area contributed by atoms with E-state index in [2.05, 4.69) is 54.5 Å². The number of carbonyl (C=O) groups excluding carboxylic acids is 2. The molecule has 1 aliphatic heterocycles. The lowest BCUT2D eigenvalue weighted by atomic mass is 9.68. The van der Waals surface area contributed by atoms with E-state index in [1.54, 1.807) is 18.7 Å². The van der Waals surface area contributed by atoms with Gasteiger partial charge in [-0.2, -0.15) is 0 Å². The summed E-state index contributed by atoms with van der Waals surface area (Å²) in [5.41, 5.74) is 5.93. The summed E-state index contributed by atoms with van der Waals surface area (Å²) in [7, 11) is 2.19. The zero-order valence-electron chi connectivity index (χ0n) is 17.6. The minimum atomic E-state index is -0.728. The smallest absolute Gasteiger partial charge is 0.318 e. The van der Waals surface area contributed by atoms with E-state index in [1.807, 2.05) is 0 Å². The highest BCUT2D eigenvalue weighted by atomic mass is 16.2. The average Bonchev–Trinajstić information content (AvgIpc) is 2.97. The van der Waals surface area contributed by atoms with Gasteiger partial charge in [0.15, 0.2) is 0 Å². The third-order valence-corrected chi connectivity index (χ3v) is 6.96. The van der Waals surface area contributed by atoms with Gasteiger partial charge in [0.05, 0.1) is 11.0 Å². The molecular formula is C22H34N4O2. The highest BCUT2D eigenvalue weighted by Crippen LogP contribution is 2.46. The number of hydrogen-bond donors (Lipinski definition) is 2. The van der Waals surface area contributed by atoms with Crippen molar-refractivity contribution in [3.8, 4) is 0 Å². The normalized spacial score (nSPS) is 28.0. The molecule has 2 aliphatic rings. The van der Waals surface area contributed by atoms with E-state index in [0.717, 1.165) is 32.2 Å². The minimum absolute atomic E-state index is 0.00586. The van der Waals surface area contributed by atoms with Crippen molar-refractivity contribution in [3.05, 3.63) is 35.9 Å². The van der Waals surface area contributed by atoms with Crippen molar-refractivity contribution in [1.29, 1.82) is 0 Å². The van der Waals surface area contributed by atoms with Gasteiger partial charge in [-0.15, -0.1) is 0 Å². The van der Waals surface area contributed by atoms with Crippen molar-refractivity contribution in [2.24, 2.45) is 11.1 Å². The van der Waals surface area contributed by atoms with Gasteiger partial charge in [0.25, 0.3) is 0 Å². The fourth-order valence-electron chi connectivity index (χ4n) is 4.83. The van der Waals surface area contributed by atoms with Crippen LogP contribution in [0.4, 0.5) is 4.79 Å². The molecule has 0 aromatic heterocycles. The molecule has 1 heterocycles. The second-order valence-corrected chi connectivity index (χ2v) is 9.23. The van der Waals surface area contributed by atoms with Gasteiger partial charge in [0.1, 0.15) is 0 Å². The van der Waals surface area contributed by atoms with E-state index >= 15 is 0 Å². The van der Waals surface area contributed by atoms with E-state index in [-0.39, 0.29) is 23.0 Å². The predicted octanol–water partition coefficient (Wildman–Crippen LogP) is 2.68. The molecule has 2 fully saturated rings. The Balaban J connectivity index is 1.76. The number of carbonyl (C=O) groups is 2. The molecule has 1 spiro atoms. The topological polar surface area (TPSA) is 78.7 Å². The molecule has 1 saturated carbocycles. The van der Waals surface area contributed by atoms with Crippen molar-refractivity contribution in [2.45, 2.75) is 57.5 Å². The van der Waals surface area contributed by atoms with Crippen LogP contribution in [0.15, 0.2) is 30.3 Å². The molecule has 0 radical (unpaired) electrons. The lowest BCUT2D eigenvalue weighted by molar-refractivity contribution is -0.126. The molecule has 1 aromatic carbocycles. The van der Waals surface area contributed by atoms with Gasteiger partial charge < -0.3 is 16.0 Å². The van der Waals surface area contributed by atoms with Crippen molar-refractivity contribution in [2.75, 3.05) is 26.7 Å². The van der Waals surface area contributed by atoms with Crippen LogP contribution in [0.2, 0.25) is 0 Å². The van der Waals surface area contributed by atoms with Crippen LogP contribution in [0.1, 0.15) is 52.0 Å². The van der Waals surface area contributed by atoms with Crippen LogP contribution in [-0.2, 0) is 10.3 Å². The third-order valence-electron chi connectivity index (χ3n) is 6.96. The van der Waals surface area contributed by atoms with Crippen molar-refractivity contribution in [1.82, 2.24) is 15.1 Å². The Hall–Kier alpha value is -2.08. The number of urea groups is 1. The van der Waals surface area contributed by atoms with Crippen LogP contribution in [0.5, 0.6) is 0 Å². The van der Waals surface area contributed by atoms with Gasteiger partial charge in [0, 0.05) is 18.6 Å². The fourth-order valence-corrected chi connectivity index (χ4v) is 4.83. The predicted molar refractivity (Wildman–Crippen MR) is 111 cm³/mol. The Bertz CT molecular complexity index is 723. The lowest BCUT2D eigenvalue weighted by Crippen LogP contribution is -2.54. The van der Waals surface area contributed by atoms with Gasteiger partial charge in [-0.3, -0.25) is 9.69 Å². The van der Waals surface area contributed by atoms with Gasteiger partial charge in [0.2, 0.25) is 5.91 Å². The first-order valence-corrected chi connectivity index (χ1v) is 10.3. The average molecular weight is 387 g/mol. The Morgan fingerprint density at radius 2 is 1.82 bits per heavy atom.